The van der Waals surface area contributed by atoms with Gasteiger partial charge in [0.25, 0.3) is 5.91 Å². The monoisotopic (exact) mass is 329 g/mol. The van der Waals surface area contributed by atoms with Gasteiger partial charge in [0.2, 0.25) is 0 Å². The lowest BCUT2D eigenvalue weighted by molar-refractivity contribution is -0.119. The van der Waals surface area contributed by atoms with E-state index in [2.05, 4.69) is 0 Å². The lowest BCUT2D eigenvalue weighted by Gasteiger charge is -2.06. The largest absolute Gasteiger partial charge is 0.484 e. The van der Waals surface area contributed by atoms with Gasteiger partial charge in [0, 0.05) is 16.5 Å². The summed E-state index contributed by atoms with van der Waals surface area (Å²) in [5.74, 6) is -0.177. The molecule has 0 aliphatic heterocycles. The predicted octanol–water partition coefficient (Wildman–Crippen LogP) is 2.98. The highest BCUT2D eigenvalue weighted by atomic mass is 35.5. The molecule has 3 aromatic rings. The smallest absolute Gasteiger partial charge is 0.344 e. The van der Waals surface area contributed by atoms with Crippen LogP contribution in [-0.2, 0) is 4.79 Å². The van der Waals surface area contributed by atoms with Crippen molar-refractivity contribution < 1.29 is 13.9 Å². The quantitative estimate of drug-likeness (QED) is 0.746. The third-order valence-electron chi connectivity index (χ3n) is 3.24. The van der Waals surface area contributed by atoms with Crippen molar-refractivity contribution in [3.05, 3.63) is 64.0 Å². The highest BCUT2D eigenvalue weighted by Gasteiger charge is 2.09. The van der Waals surface area contributed by atoms with Crippen molar-refractivity contribution in [1.82, 2.24) is 0 Å². The summed E-state index contributed by atoms with van der Waals surface area (Å²) in [6.07, 6.45) is 0. The summed E-state index contributed by atoms with van der Waals surface area (Å²) in [4.78, 5) is 22.9. The van der Waals surface area contributed by atoms with Gasteiger partial charge in [-0.05, 0) is 35.9 Å². The van der Waals surface area contributed by atoms with Crippen LogP contribution in [0.4, 0.5) is 0 Å². The second-order valence-electron chi connectivity index (χ2n) is 4.91. The molecule has 1 heterocycles. The Morgan fingerprint density at radius 1 is 1.13 bits per heavy atom. The van der Waals surface area contributed by atoms with Crippen LogP contribution >= 0.6 is 11.6 Å². The fraction of sp³-hybridized carbons (Fsp3) is 0.0588. The second-order valence-corrected chi connectivity index (χ2v) is 5.35. The number of benzene rings is 2. The number of rotatable bonds is 4. The molecule has 2 aromatic carbocycles. The molecule has 0 atom stereocenters. The van der Waals surface area contributed by atoms with E-state index in [9.17, 15) is 9.59 Å². The molecule has 116 valence electrons. The van der Waals surface area contributed by atoms with Gasteiger partial charge in [0.1, 0.15) is 11.3 Å². The summed E-state index contributed by atoms with van der Waals surface area (Å²) in [5.41, 5.74) is 6.10. The Bertz CT molecular complexity index is 931. The number of nitrogens with two attached hydrogens (primary N) is 1. The van der Waals surface area contributed by atoms with Crippen molar-refractivity contribution in [2.24, 2.45) is 5.73 Å². The molecule has 2 N–H and O–H groups in total. The van der Waals surface area contributed by atoms with Gasteiger partial charge in [0.05, 0.1) is 5.56 Å². The summed E-state index contributed by atoms with van der Waals surface area (Å²) in [6, 6.07) is 13.6. The fourth-order valence-electron chi connectivity index (χ4n) is 2.17. The normalized spacial score (nSPS) is 10.7. The first kappa shape index (κ1) is 15.1. The van der Waals surface area contributed by atoms with Crippen LogP contribution in [0.1, 0.15) is 0 Å². The molecule has 3 rings (SSSR count). The maximum absolute atomic E-state index is 12.2. The molecule has 5 nitrogen and oxygen atoms in total. The van der Waals surface area contributed by atoms with E-state index < -0.39 is 11.5 Å². The maximum atomic E-state index is 12.2. The van der Waals surface area contributed by atoms with Crippen molar-refractivity contribution in [1.29, 1.82) is 0 Å². The van der Waals surface area contributed by atoms with Crippen LogP contribution in [0.5, 0.6) is 5.75 Å². The van der Waals surface area contributed by atoms with Gasteiger partial charge in [-0.1, -0.05) is 23.7 Å². The molecular formula is C17H12ClNO4. The first-order valence-electron chi connectivity index (χ1n) is 6.78. The average molecular weight is 330 g/mol. The molecule has 1 aromatic heterocycles. The van der Waals surface area contributed by atoms with E-state index in [0.717, 1.165) is 10.9 Å². The molecule has 6 heteroatoms. The Labute approximate surface area is 136 Å². The molecule has 0 radical (unpaired) electrons. The Hall–Kier alpha value is -2.79. The zero-order chi connectivity index (χ0) is 16.4. The van der Waals surface area contributed by atoms with E-state index in [4.69, 9.17) is 26.5 Å². The van der Waals surface area contributed by atoms with E-state index in [1.165, 1.54) is 0 Å². The number of hydrogen-bond donors (Lipinski definition) is 1. The van der Waals surface area contributed by atoms with Crippen molar-refractivity contribution in [3.63, 3.8) is 0 Å². The van der Waals surface area contributed by atoms with Crippen LogP contribution in [0.2, 0.25) is 5.02 Å². The Kier molecular flexibility index (Phi) is 4.04. The minimum absolute atomic E-state index is 0.238. The van der Waals surface area contributed by atoms with E-state index >= 15 is 0 Å². The highest BCUT2D eigenvalue weighted by molar-refractivity contribution is 6.30. The molecule has 0 aliphatic rings. The van der Waals surface area contributed by atoms with Crippen LogP contribution in [-0.4, -0.2) is 12.5 Å². The molecule has 0 bridgehead atoms. The van der Waals surface area contributed by atoms with Gasteiger partial charge in [0.15, 0.2) is 6.61 Å². The van der Waals surface area contributed by atoms with Crippen LogP contribution < -0.4 is 16.1 Å². The van der Waals surface area contributed by atoms with E-state index in [-0.39, 0.29) is 6.61 Å². The summed E-state index contributed by atoms with van der Waals surface area (Å²) in [5, 5.41) is 1.33. The molecule has 0 saturated heterocycles. The summed E-state index contributed by atoms with van der Waals surface area (Å²) in [6.45, 7) is -0.238. The van der Waals surface area contributed by atoms with Gasteiger partial charge in [-0.2, -0.15) is 0 Å². The van der Waals surface area contributed by atoms with Crippen LogP contribution in [0.3, 0.4) is 0 Å². The second kappa shape index (κ2) is 6.14. The van der Waals surface area contributed by atoms with Gasteiger partial charge < -0.3 is 14.9 Å². The minimum Gasteiger partial charge on any atom is -0.484 e. The molecule has 0 fully saturated rings. The third kappa shape index (κ3) is 3.35. The summed E-state index contributed by atoms with van der Waals surface area (Å²) in [7, 11) is 0. The zero-order valence-corrected chi connectivity index (χ0v) is 12.7. The lowest BCUT2D eigenvalue weighted by Crippen LogP contribution is -2.19. The minimum atomic E-state index is -0.579. The molecule has 23 heavy (non-hydrogen) atoms. The number of primary amides is 1. The van der Waals surface area contributed by atoms with Crippen molar-refractivity contribution in [2.45, 2.75) is 0 Å². The van der Waals surface area contributed by atoms with Crippen molar-refractivity contribution in [3.8, 4) is 16.9 Å². The van der Waals surface area contributed by atoms with Gasteiger partial charge in [-0.25, -0.2) is 4.79 Å². The Morgan fingerprint density at radius 2 is 1.87 bits per heavy atom. The molecular weight excluding hydrogens is 318 g/mol. The molecule has 0 unspecified atom stereocenters. The van der Waals surface area contributed by atoms with E-state index in [1.54, 1.807) is 48.5 Å². The van der Waals surface area contributed by atoms with Gasteiger partial charge in [-0.15, -0.1) is 0 Å². The number of hydrogen-bond acceptors (Lipinski definition) is 4. The van der Waals surface area contributed by atoms with Gasteiger partial charge >= 0.3 is 5.63 Å². The highest BCUT2D eigenvalue weighted by Crippen LogP contribution is 2.25. The topological polar surface area (TPSA) is 82.5 Å². The molecule has 1 amide bonds. The van der Waals surface area contributed by atoms with E-state index in [0.29, 0.717) is 21.9 Å². The van der Waals surface area contributed by atoms with E-state index in [1.807, 2.05) is 0 Å². The lowest BCUT2D eigenvalue weighted by atomic mass is 10.1. The van der Waals surface area contributed by atoms with Crippen molar-refractivity contribution in [2.75, 3.05) is 6.61 Å². The third-order valence-corrected chi connectivity index (χ3v) is 3.50. The SMILES string of the molecule is NC(=O)COc1ccc2cc(-c3ccc(Cl)cc3)c(=O)oc2c1. The average Bonchev–Trinajstić information content (AvgIpc) is 2.53. The predicted molar refractivity (Wildman–Crippen MR) is 87.6 cm³/mol. The number of amides is 1. The number of carbonyl (C=O) groups excluding carboxylic acids is 1. The Morgan fingerprint density at radius 3 is 2.57 bits per heavy atom. The van der Waals surface area contributed by atoms with Crippen LogP contribution in [0.25, 0.3) is 22.1 Å². The fourth-order valence-corrected chi connectivity index (χ4v) is 2.29. The number of ether oxygens (including phenoxy) is 1. The van der Waals surface area contributed by atoms with Crippen LogP contribution in [0, 0.1) is 0 Å². The summed E-state index contributed by atoms with van der Waals surface area (Å²) >= 11 is 5.85. The number of carbonyl (C=O) groups is 1. The number of fused-ring (bicyclic) bond motifs is 1. The first-order chi connectivity index (χ1) is 11.0. The van der Waals surface area contributed by atoms with Gasteiger partial charge in [-0.3, -0.25) is 4.79 Å². The summed E-state index contributed by atoms with van der Waals surface area (Å²) < 4.78 is 10.5. The van der Waals surface area contributed by atoms with Crippen LogP contribution in [0.15, 0.2) is 57.7 Å². The zero-order valence-electron chi connectivity index (χ0n) is 11.9. The first-order valence-corrected chi connectivity index (χ1v) is 7.16. The standard InChI is InChI=1S/C17H12ClNO4/c18-12-4-1-10(2-5-12)14-7-11-3-6-13(22-9-16(19)20)8-15(11)23-17(14)21/h1-8H,9H2,(H2,19,20). The molecule has 0 spiro atoms. The molecule has 0 aliphatic carbocycles. The number of halogens is 1. The Balaban J connectivity index is 2.02. The maximum Gasteiger partial charge on any atom is 0.344 e. The molecule has 0 saturated carbocycles. The van der Waals surface area contributed by atoms with Crippen molar-refractivity contribution >= 4 is 28.5 Å².